The Bertz CT molecular complexity index is 789. The summed E-state index contributed by atoms with van der Waals surface area (Å²) in [6.45, 7) is 5.34. The van der Waals surface area contributed by atoms with Crippen LogP contribution in [0.25, 0.3) is 0 Å². The standard InChI is InChI=1S/C20H22N2O2/c1-3-22(17-8-6-11-21-14(17)2)19(23)16-13-20(16)10-12-24-18-9-5-4-7-15(18)20/h4-9,11,16H,3,10,12-13H2,1-2H3/t16-,20-/m1/s1. The number of nitrogens with zero attached hydrogens (tertiary/aromatic N) is 2. The van der Waals surface area contributed by atoms with E-state index >= 15 is 0 Å². The molecular weight excluding hydrogens is 300 g/mol. The molecule has 1 aromatic heterocycles. The summed E-state index contributed by atoms with van der Waals surface area (Å²) in [5.74, 6) is 1.20. The average molecular weight is 322 g/mol. The van der Waals surface area contributed by atoms with Crippen molar-refractivity contribution >= 4 is 11.6 Å². The van der Waals surface area contributed by atoms with E-state index < -0.39 is 0 Å². The second kappa shape index (κ2) is 5.62. The van der Waals surface area contributed by atoms with Gasteiger partial charge in [-0.05, 0) is 44.9 Å². The Morgan fingerprint density at radius 2 is 2.17 bits per heavy atom. The Morgan fingerprint density at radius 3 is 2.96 bits per heavy atom. The first-order valence-electron chi connectivity index (χ1n) is 8.62. The fourth-order valence-corrected chi connectivity index (χ4v) is 4.08. The lowest BCUT2D eigenvalue weighted by molar-refractivity contribution is -0.120. The van der Waals surface area contributed by atoms with Crippen molar-refractivity contribution in [1.82, 2.24) is 4.98 Å². The van der Waals surface area contributed by atoms with Gasteiger partial charge in [-0.1, -0.05) is 18.2 Å². The van der Waals surface area contributed by atoms with Crippen molar-refractivity contribution in [3.8, 4) is 5.75 Å². The SMILES string of the molecule is CCN(C(=O)[C@H]1C[C@@]12CCOc1ccccc12)c1cccnc1C. The van der Waals surface area contributed by atoms with Crippen LogP contribution in [0.2, 0.25) is 0 Å². The number of para-hydroxylation sites is 1. The number of carbonyl (C=O) groups excluding carboxylic acids is 1. The molecule has 4 rings (SSSR count). The molecule has 124 valence electrons. The molecule has 1 saturated carbocycles. The molecule has 4 heteroatoms. The highest BCUT2D eigenvalue weighted by molar-refractivity contribution is 5.98. The maximum Gasteiger partial charge on any atom is 0.231 e. The third-order valence-electron chi connectivity index (χ3n) is 5.45. The van der Waals surface area contributed by atoms with Crippen molar-refractivity contribution in [3.63, 3.8) is 0 Å². The van der Waals surface area contributed by atoms with Crippen LogP contribution in [0.3, 0.4) is 0 Å². The van der Waals surface area contributed by atoms with Gasteiger partial charge in [-0.3, -0.25) is 9.78 Å². The fourth-order valence-electron chi connectivity index (χ4n) is 4.08. The van der Waals surface area contributed by atoms with Crippen molar-refractivity contribution in [3.05, 3.63) is 53.9 Å². The molecule has 2 aromatic rings. The number of hydrogen-bond acceptors (Lipinski definition) is 3. The van der Waals surface area contributed by atoms with Crippen molar-refractivity contribution in [1.29, 1.82) is 0 Å². The van der Waals surface area contributed by atoms with E-state index in [0.29, 0.717) is 13.2 Å². The molecule has 24 heavy (non-hydrogen) atoms. The first-order valence-corrected chi connectivity index (χ1v) is 8.62. The number of hydrogen-bond donors (Lipinski definition) is 0. The van der Waals surface area contributed by atoms with Crippen LogP contribution in [0, 0.1) is 12.8 Å². The topological polar surface area (TPSA) is 42.4 Å². The monoisotopic (exact) mass is 322 g/mol. The zero-order valence-electron chi connectivity index (χ0n) is 14.2. The number of anilines is 1. The van der Waals surface area contributed by atoms with E-state index in [2.05, 4.69) is 11.1 Å². The van der Waals surface area contributed by atoms with Crippen LogP contribution in [0.15, 0.2) is 42.6 Å². The number of rotatable bonds is 3. The van der Waals surface area contributed by atoms with Crippen LogP contribution in [-0.4, -0.2) is 24.0 Å². The quantitative estimate of drug-likeness (QED) is 0.869. The van der Waals surface area contributed by atoms with Crippen LogP contribution in [0.4, 0.5) is 5.69 Å². The van der Waals surface area contributed by atoms with Gasteiger partial charge >= 0.3 is 0 Å². The van der Waals surface area contributed by atoms with Gasteiger partial charge in [0.2, 0.25) is 5.91 Å². The number of ether oxygens (including phenoxy) is 1. The molecule has 1 aromatic carbocycles. The summed E-state index contributed by atoms with van der Waals surface area (Å²) in [7, 11) is 0. The van der Waals surface area contributed by atoms with Gasteiger partial charge in [-0.2, -0.15) is 0 Å². The van der Waals surface area contributed by atoms with Gasteiger partial charge in [0.15, 0.2) is 0 Å². The minimum Gasteiger partial charge on any atom is -0.493 e. The van der Waals surface area contributed by atoms with Crippen molar-refractivity contribution < 1.29 is 9.53 Å². The Balaban J connectivity index is 1.65. The van der Waals surface area contributed by atoms with Gasteiger partial charge < -0.3 is 9.64 Å². The number of aryl methyl sites for hydroxylation is 1. The molecule has 1 aliphatic heterocycles. The van der Waals surface area contributed by atoms with E-state index in [0.717, 1.165) is 30.0 Å². The number of pyridine rings is 1. The van der Waals surface area contributed by atoms with Crippen molar-refractivity contribution in [2.45, 2.75) is 32.1 Å². The van der Waals surface area contributed by atoms with Crippen LogP contribution in [0.1, 0.15) is 31.0 Å². The molecule has 0 unspecified atom stereocenters. The van der Waals surface area contributed by atoms with E-state index in [1.54, 1.807) is 6.20 Å². The first kappa shape index (κ1) is 15.2. The number of benzene rings is 1. The minimum atomic E-state index is -0.0323. The molecule has 1 spiro atoms. The molecule has 0 N–H and O–H groups in total. The number of carbonyl (C=O) groups is 1. The molecule has 1 fully saturated rings. The van der Waals surface area contributed by atoms with Gasteiger partial charge in [0.25, 0.3) is 0 Å². The maximum absolute atomic E-state index is 13.2. The van der Waals surface area contributed by atoms with E-state index in [1.807, 2.05) is 49.1 Å². The molecular formula is C20H22N2O2. The summed E-state index contributed by atoms with van der Waals surface area (Å²) in [6.07, 6.45) is 3.61. The number of aromatic nitrogens is 1. The summed E-state index contributed by atoms with van der Waals surface area (Å²) in [5, 5.41) is 0. The van der Waals surface area contributed by atoms with Gasteiger partial charge in [0, 0.05) is 29.6 Å². The molecule has 0 bridgehead atoms. The smallest absolute Gasteiger partial charge is 0.231 e. The lowest BCUT2D eigenvalue weighted by atomic mass is 9.87. The van der Waals surface area contributed by atoms with E-state index in [4.69, 9.17) is 4.74 Å². The van der Waals surface area contributed by atoms with Crippen molar-refractivity contribution in [2.75, 3.05) is 18.1 Å². The van der Waals surface area contributed by atoms with Gasteiger partial charge in [0.05, 0.1) is 18.0 Å². The summed E-state index contributed by atoms with van der Waals surface area (Å²) in [5.41, 5.74) is 2.99. The lowest BCUT2D eigenvalue weighted by Crippen LogP contribution is -2.36. The molecule has 0 radical (unpaired) electrons. The van der Waals surface area contributed by atoms with Gasteiger partial charge in [-0.25, -0.2) is 0 Å². The minimum absolute atomic E-state index is 0.0323. The average Bonchev–Trinajstić information content (AvgIpc) is 3.32. The predicted octanol–water partition coefficient (Wildman–Crippen LogP) is 3.48. The largest absolute Gasteiger partial charge is 0.493 e. The molecule has 1 aliphatic carbocycles. The van der Waals surface area contributed by atoms with E-state index in [1.165, 1.54) is 5.56 Å². The maximum atomic E-state index is 13.2. The normalized spacial score (nSPS) is 24.2. The Kier molecular flexibility index (Phi) is 3.56. The highest BCUT2D eigenvalue weighted by Gasteiger charge is 2.61. The predicted molar refractivity (Wildman–Crippen MR) is 93.3 cm³/mol. The van der Waals surface area contributed by atoms with Crippen molar-refractivity contribution in [2.24, 2.45) is 5.92 Å². The molecule has 1 amide bonds. The summed E-state index contributed by atoms with van der Waals surface area (Å²) in [4.78, 5) is 19.5. The summed E-state index contributed by atoms with van der Waals surface area (Å²) < 4.78 is 5.78. The zero-order chi connectivity index (χ0) is 16.7. The van der Waals surface area contributed by atoms with E-state index in [9.17, 15) is 4.79 Å². The van der Waals surface area contributed by atoms with Gasteiger partial charge in [-0.15, -0.1) is 0 Å². The second-order valence-corrected chi connectivity index (χ2v) is 6.70. The molecule has 4 nitrogen and oxygen atoms in total. The molecule has 2 heterocycles. The number of fused-ring (bicyclic) bond motifs is 2. The lowest BCUT2D eigenvalue weighted by Gasteiger charge is -2.28. The molecule has 2 aliphatic rings. The molecule has 0 saturated heterocycles. The Labute approximate surface area is 142 Å². The highest BCUT2D eigenvalue weighted by Crippen LogP contribution is 2.61. The van der Waals surface area contributed by atoms with E-state index in [-0.39, 0.29) is 17.2 Å². The summed E-state index contributed by atoms with van der Waals surface area (Å²) >= 11 is 0. The number of amides is 1. The Hall–Kier alpha value is -2.36. The van der Waals surface area contributed by atoms with Gasteiger partial charge in [0.1, 0.15) is 5.75 Å². The Morgan fingerprint density at radius 1 is 1.33 bits per heavy atom. The van der Waals surface area contributed by atoms with Crippen LogP contribution in [0.5, 0.6) is 5.75 Å². The highest BCUT2D eigenvalue weighted by atomic mass is 16.5. The second-order valence-electron chi connectivity index (χ2n) is 6.70. The fraction of sp³-hybridized carbons (Fsp3) is 0.400. The van der Waals surface area contributed by atoms with Crippen LogP contribution >= 0.6 is 0 Å². The third kappa shape index (κ3) is 2.20. The third-order valence-corrected chi connectivity index (χ3v) is 5.45. The zero-order valence-corrected chi connectivity index (χ0v) is 14.2. The summed E-state index contributed by atoms with van der Waals surface area (Å²) in [6, 6.07) is 12.0. The first-order chi connectivity index (χ1) is 11.7. The molecule has 2 atom stereocenters. The van der Waals surface area contributed by atoms with Crippen LogP contribution in [-0.2, 0) is 10.2 Å². The van der Waals surface area contributed by atoms with Crippen LogP contribution < -0.4 is 9.64 Å².